The van der Waals surface area contributed by atoms with Gasteiger partial charge in [0.15, 0.2) is 0 Å². The molecule has 7 nitrogen and oxygen atoms in total. The number of pyridine rings is 1. The summed E-state index contributed by atoms with van der Waals surface area (Å²) in [6.45, 7) is 16.8. The fraction of sp³-hybridized carbons (Fsp3) is 0.789. The Morgan fingerprint density at radius 1 is 0.933 bits per heavy atom. The van der Waals surface area contributed by atoms with Crippen LogP contribution >= 0.6 is 0 Å². The molecule has 5 aliphatic rings. The van der Waals surface area contributed by atoms with Crippen LogP contribution in [0.4, 0.5) is 0 Å². The number of carbonyl (C=O) groups is 3. The van der Waals surface area contributed by atoms with E-state index in [-0.39, 0.29) is 46.2 Å². The third-order valence-electron chi connectivity index (χ3n) is 15.3. The first-order valence-electron chi connectivity index (χ1n) is 17.7. The molecule has 45 heavy (non-hydrogen) atoms. The number of aliphatic carboxylic acids is 1. The number of esters is 1. The first kappa shape index (κ1) is 32.5. The van der Waals surface area contributed by atoms with E-state index in [1.165, 1.54) is 6.42 Å². The Kier molecular flexibility index (Phi) is 8.00. The summed E-state index contributed by atoms with van der Waals surface area (Å²) >= 11 is 0. The van der Waals surface area contributed by atoms with E-state index in [0.29, 0.717) is 41.1 Å². The van der Waals surface area contributed by atoms with Crippen LogP contribution in [0.5, 0.6) is 0 Å². The molecule has 7 heteroatoms. The molecule has 10 atom stereocenters. The van der Waals surface area contributed by atoms with Gasteiger partial charge >= 0.3 is 11.9 Å². The van der Waals surface area contributed by atoms with E-state index in [0.717, 1.165) is 57.8 Å². The number of fused-ring (bicyclic) bond motifs is 7. The monoisotopic (exact) mass is 620 g/mol. The van der Waals surface area contributed by atoms with Crippen molar-refractivity contribution in [3.8, 4) is 0 Å². The summed E-state index contributed by atoms with van der Waals surface area (Å²) < 4.78 is 6.25. The molecule has 6 unspecified atom stereocenters. The maximum atomic E-state index is 13.9. The van der Waals surface area contributed by atoms with Gasteiger partial charge in [-0.1, -0.05) is 48.5 Å². The predicted molar refractivity (Wildman–Crippen MR) is 173 cm³/mol. The smallest absolute Gasteiger partial charge is 0.339 e. The van der Waals surface area contributed by atoms with Crippen molar-refractivity contribution in [1.29, 1.82) is 0 Å². The van der Waals surface area contributed by atoms with Gasteiger partial charge in [0.2, 0.25) is 5.91 Å². The van der Waals surface area contributed by atoms with Crippen LogP contribution in [-0.4, -0.2) is 40.6 Å². The minimum Gasteiger partial charge on any atom is -0.480 e. The molecule has 5 fully saturated rings. The lowest BCUT2D eigenvalue weighted by Gasteiger charge is -2.73. The molecular formula is C38H56N2O5. The number of ether oxygens (including phenoxy) is 1. The highest BCUT2D eigenvalue weighted by Crippen LogP contribution is 2.77. The van der Waals surface area contributed by atoms with Gasteiger partial charge in [-0.2, -0.15) is 0 Å². The van der Waals surface area contributed by atoms with Crippen molar-refractivity contribution in [2.75, 3.05) is 6.54 Å². The maximum absolute atomic E-state index is 13.9. The van der Waals surface area contributed by atoms with E-state index >= 15 is 0 Å². The number of rotatable bonds is 6. The van der Waals surface area contributed by atoms with Crippen molar-refractivity contribution in [1.82, 2.24) is 10.3 Å². The standard InChI is InChI=1S/C38H56N2O5/c1-23(2)25-12-17-38(33(44)40-22-30(41)42)19-18-36(6)26(31(25)38)10-11-28-35(5)15-14-29(45-32(43)24-9-8-20-39-21-24)34(3,4)27(35)13-16-37(28,36)7/h8-9,20-21,23,25-29,31H,10-19,22H2,1-7H3,(H,40,44)(H,41,42)/t25?,26?,27?,28?,29-,31?,35?,36-,37-,38+/m1/s1. The third-order valence-corrected chi connectivity index (χ3v) is 15.3. The van der Waals surface area contributed by atoms with E-state index in [2.05, 4.69) is 58.8 Å². The Bertz CT molecular complexity index is 1330. The summed E-state index contributed by atoms with van der Waals surface area (Å²) in [6, 6.07) is 3.56. The molecule has 248 valence electrons. The zero-order valence-corrected chi connectivity index (χ0v) is 28.7. The van der Waals surface area contributed by atoms with Gasteiger partial charge in [-0.05, 0) is 128 Å². The molecule has 1 amide bonds. The molecule has 6 rings (SSSR count). The Labute approximate surface area is 270 Å². The molecule has 1 aromatic heterocycles. The van der Waals surface area contributed by atoms with Crippen LogP contribution in [-0.2, 0) is 14.3 Å². The quantitative estimate of drug-likeness (QED) is 0.318. The molecule has 1 aromatic rings. The average Bonchev–Trinajstić information content (AvgIpc) is 3.39. The topological polar surface area (TPSA) is 106 Å². The second-order valence-corrected chi connectivity index (χ2v) is 17.4. The van der Waals surface area contributed by atoms with Crippen molar-refractivity contribution in [3.05, 3.63) is 30.1 Å². The Morgan fingerprint density at radius 2 is 1.69 bits per heavy atom. The Balaban J connectivity index is 1.29. The summed E-state index contributed by atoms with van der Waals surface area (Å²) in [5.41, 5.74) is 0.364. The zero-order chi connectivity index (χ0) is 32.6. The van der Waals surface area contributed by atoms with Crippen molar-refractivity contribution in [2.45, 2.75) is 119 Å². The van der Waals surface area contributed by atoms with E-state index in [1.54, 1.807) is 24.5 Å². The van der Waals surface area contributed by atoms with Crippen LogP contribution < -0.4 is 5.32 Å². The fourth-order valence-corrected chi connectivity index (χ4v) is 13.0. The van der Waals surface area contributed by atoms with Gasteiger partial charge in [0.1, 0.15) is 12.6 Å². The number of hydrogen-bond acceptors (Lipinski definition) is 5. The van der Waals surface area contributed by atoms with Gasteiger partial charge in [-0.3, -0.25) is 14.6 Å². The van der Waals surface area contributed by atoms with Crippen LogP contribution in [0.1, 0.15) is 123 Å². The van der Waals surface area contributed by atoms with Crippen LogP contribution in [0.2, 0.25) is 0 Å². The van der Waals surface area contributed by atoms with Crippen molar-refractivity contribution in [2.24, 2.45) is 62.6 Å². The number of amides is 1. The highest BCUT2D eigenvalue weighted by molar-refractivity contribution is 5.89. The lowest BCUT2D eigenvalue weighted by Crippen LogP contribution is -2.67. The molecule has 0 aromatic carbocycles. The van der Waals surface area contributed by atoms with Crippen molar-refractivity contribution < 1.29 is 24.2 Å². The summed E-state index contributed by atoms with van der Waals surface area (Å²) in [5, 5.41) is 12.2. The molecule has 1 heterocycles. The van der Waals surface area contributed by atoms with Gasteiger partial charge in [0, 0.05) is 17.8 Å². The lowest BCUT2D eigenvalue weighted by atomic mass is 9.32. The molecule has 2 N–H and O–H groups in total. The minimum atomic E-state index is -0.974. The number of hydrogen-bond donors (Lipinski definition) is 2. The fourth-order valence-electron chi connectivity index (χ4n) is 13.0. The Hall–Kier alpha value is -2.44. The number of carboxylic acids is 1. The zero-order valence-electron chi connectivity index (χ0n) is 28.7. The highest BCUT2D eigenvalue weighted by Gasteiger charge is 2.72. The Morgan fingerprint density at radius 3 is 2.36 bits per heavy atom. The number of nitrogens with one attached hydrogen (secondary N) is 1. The predicted octanol–water partition coefficient (Wildman–Crippen LogP) is 7.55. The molecular weight excluding hydrogens is 564 g/mol. The van der Waals surface area contributed by atoms with Crippen molar-refractivity contribution >= 4 is 17.8 Å². The second-order valence-electron chi connectivity index (χ2n) is 17.4. The van der Waals surface area contributed by atoms with E-state index in [4.69, 9.17) is 4.74 Å². The van der Waals surface area contributed by atoms with Crippen molar-refractivity contribution in [3.63, 3.8) is 0 Å². The second kappa shape index (κ2) is 11.1. The van der Waals surface area contributed by atoms with Gasteiger partial charge in [0.25, 0.3) is 0 Å². The van der Waals surface area contributed by atoms with E-state index in [1.807, 2.05) is 0 Å². The van der Waals surface area contributed by atoms with Crippen LogP contribution in [0.3, 0.4) is 0 Å². The first-order chi connectivity index (χ1) is 21.1. The number of nitrogens with zero attached hydrogens (tertiary/aromatic N) is 1. The molecule has 5 aliphatic carbocycles. The molecule has 0 spiro atoms. The van der Waals surface area contributed by atoms with Crippen LogP contribution in [0.15, 0.2) is 24.5 Å². The van der Waals surface area contributed by atoms with Gasteiger partial charge < -0.3 is 15.2 Å². The third kappa shape index (κ3) is 4.71. The SMILES string of the molecule is CC(C)C1CC[C@]2(C(=O)NCC(=O)O)CC[C@]3(C)C(CCC4C5(C)CC[C@@H](OC(=O)c6cccnc6)C(C)(C)C5CC[C@]43C)C12. The number of carboxylic acid groups (broad SMARTS) is 1. The summed E-state index contributed by atoms with van der Waals surface area (Å²) in [6.07, 6.45) is 13.5. The van der Waals surface area contributed by atoms with Gasteiger partial charge in [-0.25, -0.2) is 4.79 Å². The average molecular weight is 621 g/mol. The highest BCUT2D eigenvalue weighted by atomic mass is 16.5. The minimum absolute atomic E-state index is 0.0102. The van der Waals surface area contributed by atoms with Crippen LogP contribution in [0, 0.1) is 62.6 Å². The molecule has 0 saturated heterocycles. The molecule has 0 bridgehead atoms. The van der Waals surface area contributed by atoms with E-state index < -0.39 is 11.4 Å². The largest absolute Gasteiger partial charge is 0.480 e. The molecule has 0 radical (unpaired) electrons. The van der Waals surface area contributed by atoms with Gasteiger partial charge in [0.05, 0.1) is 11.0 Å². The van der Waals surface area contributed by atoms with Crippen LogP contribution in [0.25, 0.3) is 0 Å². The molecule has 5 saturated carbocycles. The summed E-state index contributed by atoms with van der Waals surface area (Å²) in [4.78, 5) is 42.6. The maximum Gasteiger partial charge on any atom is 0.339 e. The summed E-state index contributed by atoms with van der Waals surface area (Å²) in [5.74, 6) is 1.52. The first-order valence-corrected chi connectivity index (χ1v) is 17.7. The van der Waals surface area contributed by atoms with E-state index in [9.17, 15) is 19.5 Å². The lowest BCUT2D eigenvalue weighted by molar-refractivity contribution is -0.247. The number of carbonyl (C=O) groups excluding carboxylic acids is 2. The summed E-state index contributed by atoms with van der Waals surface area (Å²) in [7, 11) is 0. The normalized spacial score (nSPS) is 43.3. The van der Waals surface area contributed by atoms with Gasteiger partial charge in [-0.15, -0.1) is 0 Å². The number of aromatic nitrogens is 1. The molecule has 0 aliphatic heterocycles.